The quantitative estimate of drug-likeness (QED) is 0.243. The highest BCUT2D eigenvalue weighted by Gasteiger charge is 2.20. The fourth-order valence-electron chi connectivity index (χ4n) is 2.86. The molecule has 0 fully saturated rings. The lowest BCUT2D eigenvalue weighted by atomic mass is 9.93. The molecule has 33 heavy (non-hydrogen) atoms. The summed E-state index contributed by atoms with van der Waals surface area (Å²) in [7, 11) is 2.95. The summed E-state index contributed by atoms with van der Waals surface area (Å²) >= 11 is 0. The Balaban J connectivity index is 1.72. The van der Waals surface area contributed by atoms with Crippen molar-refractivity contribution in [2.75, 3.05) is 19.6 Å². The van der Waals surface area contributed by atoms with Crippen molar-refractivity contribution in [1.29, 1.82) is 0 Å². The number of anilines is 1. The second-order valence-electron chi connectivity index (χ2n) is 7.97. The summed E-state index contributed by atoms with van der Waals surface area (Å²) < 4.78 is 16.0. The molecule has 1 aromatic heterocycles. The summed E-state index contributed by atoms with van der Waals surface area (Å²) in [6.07, 6.45) is 1.49. The lowest BCUT2D eigenvalue weighted by Gasteiger charge is -2.15. The van der Waals surface area contributed by atoms with Crippen LogP contribution < -0.4 is 25.2 Å². The van der Waals surface area contributed by atoms with E-state index in [1.165, 1.54) is 20.4 Å². The average molecular weight is 451 g/mol. The number of nitrogens with one attached hydrogen (secondary N) is 2. The maximum absolute atomic E-state index is 12.6. The van der Waals surface area contributed by atoms with Gasteiger partial charge in [0, 0.05) is 5.41 Å². The third-order valence-corrected chi connectivity index (χ3v) is 4.51. The number of carbonyl (C=O) groups is 1. The van der Waals surface area contributed by atoms with E-state index < -0.39 is 11.4 Å². The SMILES string of the molecule is COc1cc(/C=N/Nc2nnc(C(C)(C)C)c(=O)[nH]2)ccc1OC(=O)c1ccccc1OC. The fraction of sp³-hybridized carbons (Fsp3) is 0.261. The largest absolute Gasteiger partial charge is 0.496 e. The van der Waals surface area contributed by atoms with E-state index in [9.17, 15) is 9.59 Å². The number of aromatic amines is 1. The Labute approximate surface area is 190 Å². The van der Waals surface area contributed by atoms with Crippen molar-refractivity contribution in [1.82, 2.24) is 15.2 Å². The summed E-state index contributed by atoms with van der Waals surface area (Å²) in [5.41, 5.74) is 3.16. The van der Waals surface area contributed by atoms with Crippen LogP contribution in [0.5, 0.6) is 17.2 Å². The number of hydrogen-bond donors (Lipinski definition) is 2. The first-order chi connectivity index (χ1) is 15.7. The fourth-order valence-corrected chi connectivity index (χ4v) is 2.86. The van der Waals surface area contributed by atoms with Gasteiger partial charge in [-0.05, 0) is 35.9 Å². The van der Waals surface area contributed by atoms with Crippen LogP contribution in [-0.2, 0) is 5.41 Å². The Morgan fingerprint density at radius 2 is 1.76 bits per heavy atom. The molecular weight excluding hydrogens is 426 g/mol. The van der Waals surface area contributed by atoms with Crippen LogP contribution in [0.2, 0.25) is 0 Å². The van der Waals surface area contributed by atoms with Crippen molar-refractivity contribution in [2.24, 2.45) is 5.10 Å². The summed E-state index contributed by atoms with van der Waals surface area (Å²) in [5, 5.41) is 12.0. The maximum Gasteiger partial charge on any atom is 0.347 e. The Morgan fingerprint density at radius 3 is 2.42 bits per heavy atom. The number of carbonyl (C=O) groups excluding carboxylic acids is 1. The molecule has 0 saturated carbocycles. The summed E-state index contributed by atoms with van der Waals surface area (Å²) in [6, 6.07) is 11.7. The molecule has 2 N–H and O–H groups in total. The van der Waals surface area contributed by atoms with Crippen LogP contribution in [0.25, 0.3) is 0 Å². The van der Waals surface area contributed by atoms with Crippen molar-refractivity contribution in [3.63, 3.8) is 0 Å². The zero-order chi connectivity index (χ0) is 24.0. The van der Waals surface area contributed by atoms with Gasteiger partial charge in [0.25, 0.3) is 5.56 Å². The number of ether oxygens (including phenoxy) is 3. The molecule has 0 saturated heterocycles. The van der Waals surface area contributed by atoms with Crippen LogP contribution in [0.4, 0.5) is 5.95 Å². The van der Waals surface area contributed by atoms with Crippen LogP contribution in [-0.4, -0.2) is 41.6 Å². The molecular formula is C23H25N5O5. The maximum atomic E-state index is 12.6. The van der Waals surface area contributed by atoms with Gasteiger partial charge in [-0.25, -0.2) is 10.2 Å². The van der Waals surface area contributed by atoms with Crippen molar-refractivity contribution < 1.29 is 19.0 Å². The number of hydrazone groups is 1. The lowest BCUT2D eigenvalue weighted by Crippen LogP contribution is -2.28. The molecule has 0 aliphatic carbocycles. The number of aromatic nitrogens is 3. The first-order valence-corrected chi connectivity index (χ1v) is 10.0. The third-order valence-electron chi connectivity index (χ3n) is 4.51. The monoisotopic (exact) mass is 451 g/mol. The molecule has 172 valence electrons. The number of rotatable bonds is 7. The predicted octanol–water partition coefficient (Wildman–Crippen LogP) is 3.14. The number of para-hydroxylation sites is 1. The molecule has 0 radical (unpaired) electrons. The Hall–Kier alpha value is -4.21. The molecule has 1 heterocycles. The van der Waals surface area contributed by atoms with E-state index in [-0.39, 0.29) is 17.3 Å². The van der Waals surface area contributed by atoms with Crippen LogP contribution >= 0.6 is 0 Å². The van der Waals surface area contributed by atoms with E-state index in [2.05, 4.69) is 25.7 Å². The van der Waals surface area contributed by atoms with Crippen LogP contribution in [0.3, 0.4) is 0 Å². The van der Waals surface area contributed by atoms with Gasteiger partial charge < -0.3 is 14.2 Å². The van der Waals surface area contributed by atoms with Crippen LogP contribution in [0.1, 0.15) is 42.4 Å². The normalized spacial score (nSPS) is 11.3. The zero-order valence-corrected chi connectivity index (χ0v) is 19.0. The highest BCUT2D eigenvalue weighted by molar-refractivity contribution is 5.94. The minimum absolute atomic E-state index is 0.110. The van der Waals surface area contributed by atoms with E-state index in [0.29, 0.717) is 28.3 Å². The standard InChI is InChI=1S/C23H25N5O5/c1-23(2,3)19-20(29)25-22(28-26-19)27-24-13-14-10-11-17(18(12-14)32-5)33-21(30)15-8-6-7-9-16(15)31-4/h6-13H,1-5H3,(H2,25,27,28,29)/b24-13+. The highest BCUT2D eigenvalue weighted by atomic mass is 16.6. The molecule has 0 aliphatic heterocycles. The number of H-pyrrole nitrogens is 1. The molecule has 0 bridgehead atoms. The summed E-state index contributed by atoms with van der Waals surface area (Å²) in [5.74, 6) is 0.526. The van der Waals surface area contributed by atoms with Crippen molar-refractivity contribution in [3.05, 3.63) is 69.6 Å². The van der Waals surface area contributed by atoms with Gasteiger partial charge in [-0.2, -0.15) is 5.10 Å². The van der Waals surface area contributed by atoms with Gasteiger partial charge in [-0.1, -0.05) is 32.9 Å². The van der Waals surface area contributed by atoms with Crippen molar-refractivity contribution >= 4 is 18.1 Å². The van der Waals surface area contributed by atoms with E-state index in [1.807, 2.05) is 20.8 Å². The zero-order valence-electron chi connectivity index (χ0n) is 19.0. The van der Waals surface area contributed by atoms with Gasteiger partial charge in [0.2, 0.25) is 5.95 Å². The lowest BCUT2D eigenvalue weighted by molar-refractivity contribution is 0.0726. The minimum Gasteiger partial charge on any atom is -0.496 e. The molecule has 0 amide bonds. The molecule has 0 atom stereocenters. The van der Waals surface area contributed by atoms with E-state index in [0.717, 1.165) is 0 Å². The Kier molecular flexibility index (Phi) is 7.07. The molecule has 0 aliphatic rings. The summed E-state index contributed by atoms with van der Waals surface area (Å²) in [6.45, 7) is 5.63. The van der Waals surface area contributed by atoms with Gasteiger partial charge in [0.1, 0.15) is 17.0 Å². The molecule has 0 spiro atoms. The van der Waals surface area contributed by atoms with Gasteiger partial charge in [0.15, 0.2) is 11.5 Å². The second-order valence-corrected chi connectivity index (χ2v) is 7.97. The molecule has 3 aromatic rings. The molecule has 10 heteroatoms. The smallest absolute Gasteiger partial charge is 0.347 e. The van der Waals surface area contributed by atoms with Gasteiger partial charge in [0.05, 0.1) is 20.4 Å². The summed E-state index contributed by atoms with van der Waals surface area (Å²) in [4.78, 5) is 27.3. The number of methoxy groups -OCH3 is 2. The Bertz CT molecular complexity index is 1230. The first-order valence-electron chi connectivity index (χ1n) is 10.0. The second kappa shape index (κ2) is 9.94. The average Bonchev–Trinajstić information content (AvgIpc) is 2.79. The van der Waals surface area contributed by atoms with Gasteiger partial charge >= 0.3 is 5.97 Å². The molecule has 2 aromatic carbocycles. The van der Waals surface area contributed by atoms with E-state index in [4.69, 9.17) is 14.2 Å². The van der Waals surface area contributed by atoms with Gasteiger partial charge in [-0.15, -0.1) is 10.2 Å². The number of nitrogens with zero attached hydrogens (tertiary/aromatic N) is 3. The molecule has 3 rings (SSSR count). The number of esters is 1. The van der Waals surface area contributed by atoms with Crippen molar-refractivity contribution in [3.8, 4) is 17.2 Å². The third kappa shape index (κ3) is 5.73. The van der Waals surface area contributed by atoms with Gasteiger partial charge in [-0.3, -0.25) is 9.78 Å². The number of hydrogen-bond acceptors (Lipinski definition) is 9. The predicted molar refractivity (Wildman–Crippen MR) is 124 cm³/mol. The molecule has 0 unspecified atom stereocenters. The Morgan fingerprint density at radius 1 is 1.03 bits per heavy atom. The van der Waals surface area contributed by atoms with Crippen LogP contribution in [0, 0.1) is 0 Å². The van der Waals surface area contributed by atoms with E-state index in [1.54, 1.807) is 42.5 Å². The minimum atomic E-state index is -0.574. The number of benzene rings is 2. The van der Waals surface area contributed by atoms with Crippen molar-refractivity contribution in [2.45, 2.75) is 26.2 Å². The van der Waals surface area contributed by atoms with E-state index >= 15 is 0 Å². The topological polar surface area (TPSA) is 128 Å². The van der Waals surface area contributed by atoms with Crippen LogP contribution in [0.15, 0.2) is 52.4 Å². The first kappa shape index (κ1) is 23.5. The molecule has 10 nitrogen and oxygen atoms in total. The highest BCUT2D eigenvalue weighted by Crippen LogP contribution is 2.29.